The Labute approximate surface area is 71.9 Å². The highest BCUT2D eigenvalue weighted by Gasteiger charge is 2.49. The Bertz CT molecular complexity index is 146. The van der Waals surface area contributed by atoms with Crippen molar-refractivity contribution < 1.29 is 0 Å². The van der Waals surface area contributed by atoms with Gasteiger partial charge in [0.15, 0.2) is 0 Å². The molecule has 0 aliphatic heterocycles. The third kappa shape index (κ3) is 0.887. The highest BCUT2D eigenvalue weighted by Crippen LogP contribution is 2.54. The molecule has 2 rings (SSSR count). The lowest BCUT2D eigenvalue weighted by molar-refractivity contribution is 0.393. The van der Waals surface area contributed by atoms with E-state index in [0.717, 1.165) is 11.8 Å². The molecule has 1 unspecified atom stereocenters. The van der Waals surface area contributed by atoms with Crippen LogP contribution in [0, 0.1) is 11.8 Å². The summed E-state index contributed by atoms with van der Waals surface area (Å²) in [7, 11) is 0. The topological polar surface area (TPSA) is 0 Å². The molecule has 2 heteroatoms. The molecule has 0 aromatic carbocycles. The van der Waals surface area contributed by atoms with Crippen LogP contribution in [-0.2, 0) is 0 Å². The molecule has 3 atom stereocenters. The van der Waals surface area contributed by atoms with Crippen molar-refractivity contribution in [2.75, 3.05) is 5.88 Å². The van der Waals surface area contributed by atoms with Crippen molar-refractivity contribution in [1.82, 2.24) is 0 Å². The minimum absolute atomic E-state index is 0.00945. The number of halogens is 2. The molecule has 0 radical (unpaired) electrons. The summed E-state index contributed by atoms with van der Waals surface area (Å²) in [5, 5.41) is 0. The first-order chi connectivity index (χ1) is 4.74. The lowest BCUT2D eigenvalue weighted by atomic mass is 9.89. The third-order valence-corrected chi connectivity index (χ3v) is 4.33. The van der Waals surface area contributed by atoms with E-state index in [2.05, 4.69) is 0 Å². The number of rotatable bonds is 1. The average molecular weight is 179 g/mol. The van der Waals surface area contributed by atoms with Crippen LogP contribution in [0.4, 0.5) is 0 Å². The van der Waals surface area contributed by atoms with E-state index >= 15 is 0 Å². The Balaban J connectivity index is 2.14. The van der Waals surface area contributed by atoms with Crippen LogP contribution in [0.25, 0.3) is 0 Å². The number of fused-ring (bicyclic) bond motifs is 2. The maximum Gasteiger partial charge on any atom is 0.0612 e. The number of hydrogen-bond acceptors (Lipinski definition) is 0. The van der Waals surface area contributed by atoms with E-state index in [-0.39, 0.29) is 4.87 Å². The van der Waals surface area contributed by atoms with Gasteiger partial charge in [0, 0.05) is 5.88 Å². The van der Waals surface area contributed by atoms with Gasteiger partial charge in [0.05, 0.1) is 4.87 Å². The quantitative estimate of drug-likeness (QED) is 0.542. The summed E-state index contributed by atoms with van der Waals surface area (Å²) >= 11 is 12.1. The molecule has 0 N–H and O–H groups in total. The van der Waals surface area contributed by atoms with E-state index in [1.807, 2.05) is 0 Å². The van der Waals surface area contributed by atoms with E-state index in [4.69, 9.17) is 23.2 Å². The van der Waals surface area contributed by atoms with Gasteiger partial charge in [-0.15, -0.1) is 23.2 Å². The number of alkyl halides is 2. The molecular formula is C8H12Cl2. The molecule has 0 spiro atoms. The summed E-state index contributed by atoms with van der Waals surface area (Å²) in [6, 6.07) is 0. The minimum atomic E-state index is -0.00945. The Morgan fingerprint density at radius 3 is 2.50 bits per heavy atom. The van der Waals surface area contributed by atoms with Crippen LogP contribution in [0.5, 0.6) is 0 Å². The molecule has 0 aromatic heterocycles. The van der Waals surface area contributed by atoms with Crippen molar-refractivity contribution in [1.29, 1.82) is 0 Å². The molecule has 2 bridgehead atoms. The first kappa shape index (κ1) is 7.24. The highest BCUT2D eigenvalue weighted by molar-refractivity contribution is 6.31. The molecule has 0 amide bonds. The van der Waals surface area contributed by atoms with Crippen LogP contribution < -0.4 is 0 Å². The van der Waals surface area contributed by atoms with Gasteiger partial charge in [-0.2, -0.15) is 0 Å². The second-order valence-electron chi connectivity index (χ2n) is 3.75. The van der Waals surface area contributed by atoms with Crippen LogP contribution in [0.1, 0.15) is 25.7 Å². The average Bonchev–Trinajstić information content (AvgIpc) is 2.46. The fourth-order valence-electron chi connectivity index (χ4n) is 2.54. The van der Waals surface area contributed by atoms with Crippen molar-refractivity contribution in [3.05, 3.63) is 0 Å². The van der Waals surface area contributed by atoms with Gasteiger partial charge in [-0.25, -0.2) is 0 Å². The van der Waals surface area contributed by atoms with Gasteiger partial charge in [0.2, 0.25) is 0 Å². The fraction of sp³-hybridized carbons (Fsp3) is 1.00. The SMILES string of the molecule is ClC[C@@]1(Cl)CC2CC[C@H]1C2. The third-order valence-electron chi connectivity index (χ3n) is 3.12. The molecule has 2 aliphatic carbocycles. The summed E-state index contributed by atoms with van der Waals surface area (Å²) in [5.41, 5.74) is 0. The monoisotopic (exact) mass is 178 g/mol. The van der Waals surface area contributed by atoms with Crippen LogP contribution >= 0.6 is 23.2 Å². The lowest BCUT2D eigenvalue weighted by Crippen LogP contribution is -2.30. The van der Waals surface area contributed by atoms with Gasteiger partial charge in [0.25, 0.3) is 0 Å². The van der Waals surface area contributed by atoms with Crippen molar-refractivity contribution in [3.8, 4) is 0 Å². The Morgan fingerprint density at radius 1 is 1.40 bits per heavy atom. The van der Waals surface area contributed by atoms with Gasteiger partial charge < -0.3 is 0 Å². The zero-order valence-corrected chi connectivity index (χ0v) is 7.46. The molecule has 10 heavy (non-hydrogen) atoms. The van der Waals surface area contributed by atoms with E-state index < -0.39 is 0 Å². The second-order valence-corrected chi connectivity index (χ2v) is 4.77. The van der Waals surface area contributed by atoms with Crippen molar-refractivity contribution in [2.24, 2.45) is 11.8 Å². The van der Waals surface area contributed by atoms with E-state index in [1.165, 1.54) is 25.7 Å². The second kappa shape index (κ2) is 2.28. The Kier molecular flexibility index (Phi) is 1.65. The largest absolute Gasteiger partial charge is 0.125 e. The molecular weight excluding hydrogens is 167 g/mol. The van der Waals surface area contributed by atoms with E-state index in [9.17, 15) is 0 Å². The molecule has 2 saturated carbocycles. The van der Waals surface area contributed by atoms with Gasteiger partial charge in [0.1, 0.15) is 0 Å². The maximum atomic E-state index is 6.32. The Morgan fingerprint density at radius 2 is 2.20 bits per heavy atom. The smallest absolute Gasteiger partial charge is 0.0612 e. The summed E-state index contributed by atoms with van der Waals surface area (Å²) in [6.07, 6.45) is 5.23. The van der Waals surface area contributed by atoms with E-state index in [0.29, 0.717) is 5.88 Å². The van der Waals surface area contributed by atoms with Gasteiger partial charge >= 0.3 is 0 Å². The lowest BCUT2D eigenvalue weighted by Gasteiger charge is -2.28. The minimum Gasteiger partial charge on any atom is -0.125 e. The standard InChI is InChI=1S/C8H12Cl2/c9-5-8(10)4-6-1-2-7(8)3-6/h6-7H,1-5H2/t6?,7-,8-/m0/s1. The van der Waals surface area contributed by atoms with Crippen molar-refractivity contribution in [3.63, 3.8) is 0 Å². The van der Waals surface area contributed by atoms with Crippen LogP contribution in [0.3, 0.4) is 0 Å². The summed E-state index contributed by atoms with van der Waals surface area (Å²) in [5.74, 6) is 2.29. The first-order valence-corrected chi connectivity index (χ1v) is 4.91. The first-order valence-electron chi connectivity index (χ1n) is 3.99. The normalized spacial score (nSPS) is 52.2. The van der Waals surface area contributed by atoms with Crippen LogP contribution in [-0.4, -0.2) is 10.8 Å². The molecule has 0 nitrogen and oxygen atoms in total. The zero-order valence-electron chi connectivity index (χ0n) is 5.95. The number of hydrogen-bond donors (Lipinski definition) is 0. The molecule has 0 aromatic rings. The molecule has 2 aliphatic rings. The zero-order chi connectivity index (χ0) is 7.19. The van der Waals surface area contributed by atoms with Crippen molar-refractivity contribution >= 4 is 23.2 Å². The Hall–Kier alpha value is 0.580. The predicted molar refractivity (Wildman–Crippen MR) is 44.8 cm³/mol. The van der Waals surface area contributed by atoms with Gasteiger partial charge in [-0.05, 0) is 31.1 Å². The highest BCUT2D eigenvalue weighted by atomic mass is 35.5. The predicted octanol–water partition coefficient (Wildman–Crippen LogP) is 3.02. The van der Waals surface area contributed by atoms with E-state index in [1.54, 1.807) is 0 Å². The van der Waals surface area contributed by atoms with Crippen molar-refractivity contribution in [2.45, 2.75) is 30.6 Å². The van der Waals surface area contributed by atoms with Gasteiger partial charge in [-0.1, -0.05) is 6.42 Å². The molecule has 0 heterocycles. The molecule has 58 valence electrons. The molecule has 0 saturated heterocycles. The fourth-order valence-corrected chi connectivity index (χ4v) is 3.28. The molecule has 2 fully saturated rings. The maximum absolute atomic E-state index is 6.32. The van der Waals surface area contributed by atoms with Gasteiger partial charge in [-0.3, -0.25) is 0 Å². The summed E-state index contributed by atoms with van der Waals surface area (Å²) < 4.78 is 0. The summed E-state index contributed by atoms with van der Waals surface area (Å²) in [6.45, 7) is 0. The summed E-state index contributed by atoms with van der Waals surface area (Å²) in [4.78, 5) is -0.00945. The van der Waals surface area contributed by atoms with Crippen LogP contribution in [0.15, 0.2) is 0 Å². The van der Waals surface area contributed by atoms with Crippen LogP contribution in [0.2, 0.25) is 0 Å².